The molecule has 0 amide bonds. The smallest absolute Gasteiger partial charge is 0.229 e. The number of benzene rings is 2. The lowest BCUT2D eigenvalue weighted by Crippen LogP contribution is -2.37. The number of nitrogens with zero attached hydrogens (tertiary/aromatic N) is 1. The van der Waals surface area contributed by atoms with Gasteiger partial charge in [-0.25, -0.2) is 0 Å². The van der Waals surface area contributed by atoms with Gasteiger partial charge in [-0.1, -0.05) is 24.3 Å². The van der Waals surface area contributed by atoms with Gasteiger partial charge in [0, 0.05) is 36.2 Å². The predicted molar refractivity (Wildman–Crippen MR) is 104 cm³/mol. The van der Waals surface area contributed by atoms with Crippen molar-refractivity contribution in [1.29, 1.82) is 0 Å². The van der Waals surface area contributed by atoms with Crippen molar-refractivity contribution in [3.05, 3.63) is 64.4 Å². The van der Waals surface area contributed by atoms with Crippen LogP contribution in [0.25, 0.3) is 11.0 Å². The molecule has 6 heteroatoms. The third kappa shape index (κ3) is 2.49. The molecule has 3 heterocycles. The summed E-state index contributed by atoms with van der Waals surface area (Å²) in [5, 5.41) is 0.675. The molecular formula is C23H19NO5. The molecule has 1 saturated heterocycles. The molecule has 6 rings (SSSR count). The molecule has 3 aliphatic rings. The minimum atomic E-state index is -0.243. The Hall–Kier alpha value is -2.96. The number of ether oxygens (including phenoxy) is 2. The molecule has 29 heavy (non-hydrogen) atoms. The van der Waals surface area contributed by atoms with Gasteiger partial charge >= 0.3 is 0 Å². The van der Waals surface area contributed by atoms with Crippen LogP contribution < -0.4 is 4.74 Å². The van der Waals surface area contributed by atoms with Crippen LogP contribution in [0.1, 0.15) is 50.4 Å². The van der Waals surface area contributed by atoms with Gasteiger partial charge < -0.3 is 13.9 Å². The summed E-state index contributed by atoms with van der Waals surface area (Å²) in [5.74, 6) is 0.466. The average molecular weight is 389 g/mol. The quantitative estimate of drug-likeness (QED) is 0.522. The zero-order valence-corrected chi connectivity index (χ0v) is 15.8. The standard InChI is InChI=1S/C23H19NO5/c25-20-14-5-1-2-6-15(14)21(26)23-19(20)16-7-8-18-17(22(16)29-23)11-24(12-28-18)10-13-4-3-9-27-13/h1-2,5-8,13H,3-4,9-12H2/t13-/m1/s1. The Morgan fingerprint density at radius 2 is 1.86 bits per heavy atom. The Labute approximate surface area is 167 Å². The van der Waals surface area contributed by atoms with Crippen molar-refractivity contribution in [3.8, 4) is 5.75 Å². The fourth-order valence-electron chi connectivity index (χ4n) is 4.63. The van der Waals surface area contributed by atoms with Crippen LogP contribution in [0.5, 0.6) is 5.75 Å². The van der Waals surface area contributed by atoms with E-state index in [1.165, 1.54) is 0 Å². The first kappa shape index (κ1) is 16.9. The second kappa shape index (κ2) is 6.27. The minimum absolute atomic E-state index is 0.133. The van der Waals surface area contributed by atoms with Gasteiger partial charge in [-0.2, -0.15) is 0 Å². The van der Waals surface area contributed by atoms with E-state index in [2.05, 4.69) is 4.90 Å². The van der Waals surface area contributed by atoms with Crippen molar-refractivity contribution < 1.29 is 23.5 Å². The first-order valence-corrected chi connectivity index (χ1v) is 9.94. The highest BCUT2D eigenvalue weighted by atomic mass is 16.5. The lowest BCUT2D eigenvalue weighted by molar-refractivity contribution is 0.0281. The van der Waals surface area contributed by atoms with Crippen molar-refractivity contribution in [2.24, 2.45) is 0 Å². The summed E-state index contributed by atoms with van der Waals surface area (Å²) < 4.78 is 17.7. The Morgan fingerprint density at radius 1 is 1.03 bits per heavy atom. The monoisotopic (exact) mass is 389 g/mol. The Kier molecular flexibility index (Phi) is 3.66. The molecule has 0 spiro atoms. The van der Waals surface area contributed by atoms with Gasteiger partial charge in [0.15, 0.2) is 11.5 Å². The number of fused-ring (bicyclic) bond motifs is 6. The minimum Gasteiger partial charge on any atom is -0.478 e. The number of ketones is 2. The molecule has 1 fully saturated rings. The summed E-state index contributed by atoms with van der Waals surface area (Å²) >= 11 is 0. The number of hydrogen-bond acceptors (Lipinski definition) is 6. The van der Waals surface area contributed by atoms with E-state index in [0.717, 1.165) is 37.3 Å². The lowest BCUT2D eigenvalue weighted by Gasteiger charge is -2.30. The highest BCUT2D eigenvalue weighted by molar-refractivity contribution is 6.31. The molecule has 1 aliphatic carbocycles. The SMILES string of the molecule is O=C1c2ccccc2C(=O)c2c1oc1c3c(ccc21)OCN(C[C@H]1CCCO1)C3. The van der Waals surface area contributed by atoms with E-state index in [4.69, 9.17) is 13.9 Å². The molecule has 1 atom stereocenters. The van der Waals surface area contributed by atoms with Crippen molar-refractivity contribution in [1.82, 2.24) is 4.90 Å². The summed E-state index contributed by atoms with van der Waals surface area (Å²) in [6.45, 7) is 2.73. The van der Waals surface area contributed by atoms with E-state index in [9.17, 15) is 9.59 Å². The maximum atomic E-state index is 13.1. The van der Waals surface area contributed by atoms with E-state index in [-0.39, 0.29) is 23.4 Å². The van der Waals surface area contributed by atoms with Crippen LogP contribution in [-0.2, 0) is 11.3 Å². The van der Waals surface area contributed by atoms with Crippen LogP contribution in [0.2, 0.25) is 0 Å². The van der Waals surface area contributed by atoms with Crippen molar-refractivity contribution >= 4 is 22.5 Å². The zero-order valence-electron chi connectivity index (χ0n) is 15.8. The molecule has 3 aromatic rings. The summed E-state index contributed by atoms with van der Waals surface area (Å²) in [6, 6.07) is 10.6. The summed E-state index contributed by atoms with van der Waals surface area (Å²) in [5.41, 5.74) is 2.64. The van der Waals surface area contributed by atoms with Crippen LogP contribution in [0.4, 0.5) is 0 Å². The van der Waals surface area contributed by atoms with Gasteiger partial charge in [-0.05, 0) is 25.0 Å². The second-order valence-electron chi connectivity index (χ2n) is 7.85. The van der Waals surface area contributed by atoms with Crippen LogP contribution in [0, 0.1) is 0 Å². The highest BCUT2D eigenvalue weighted by Gasteiger charge is 2.36. The highest BCUT2D eigenvalue weighted by Crippen LogP contribution is 2.40. The van der Waals surface area contributed by atoms with Crippen molar-refractivity contribution in [2.45, 2.75) is 25.5 Å². The second-order valence-corrected chi connectivity index (χ2v) is 7.85. The molecular weight excluding hydrogens is 370 g/mol. The van der Waals surface area contributed by atoms with E-state index < -0.39 is 0 Å². The molecule has 0 radical (unpaired) electrons. The summed E-state index contributed by atoms with van der Waals surface area (Å²) in [4.78, 5) is 28.3. The third-order valence-corrected chi connectivity index (χ3v) is 6.04. The molecule has 2 aliphatic heterocycles. The van der Waals surface area contributed by atoms with Gasteiger partial charge in [0.25, 0.3) is 0 Å². The maximum Gasteiger partial charge on any atom is 0.229 e. The number of hydrogen-bond donors (Lipinski definition) is 0. The first-order chi connectivity index (χ1) is 14.2. The fourth-order valence-corrected chi connectivity index (χ4v) is 4.63. The van der Waals surface area contributed by atoms with Crippen LogP contribution in [-0.4, -0.2) is 42.5 Å². The van der Waals surface area contributed by atoms with E-state index >= 15 is 0 Å². The molecule has 1 aromatic heterocycles. The molecule has 2 aromatic carbocycles. The summed E-state index contributed by atoms with van der Waals surface area (Å²) in [6.07, 6.45) is 2.38. The molecule has 6 nitrogen and oxygen atoms in total. The average Bonchev–Trinajstić information content (AvgIpc) is 3.40. The van der Waals surface area contributed by atoms with Crippen LogP contribution in [0.3, 0.4) is 0 Å². The van der Waals surface area contributed by atoms with Crippen LogP contribution >= 0.6 is 0 Å². The lowest BCUT2D eigenvalue weighted by atomic mass is 9.87. The van der Waals surface area contributed by atoms with Crippen molar-refractivity contribution in [2.75, 3.05) is 19.9 Å². The molecule has 0 bridgehead atoms. The number of rotatable bonds is 2. The first-order valence-electron chi connectivity index (χ1n) is 9.94. The maximum absolute atomic E-state index is 13.1. The predicted octanol–water partition coefficient (Wildman–Crippen LogP) is 3.54. The number of carbonyl (C=O) groups excluding carboxylic acids is 2. The number of carbonyl (C=O) groups is 2. The van der Waals surface area contributed by atoms with Crippen molar-refractivity contribution in [3.63, 3.8) is 0 Å². The largest absolute Gasteiger partial charge is 0.478 e. The van der Waals surface area contributed by atoms with Gasteiger partial charge in [0.2, 0.25) is 5.78 Å². The molecule has 0 N–H and O–H groups in total. The molecule has 0 unspecified atom stereocenters. The van der Waals surface area contributed by atoms with Gasteiger partial charge in [-0.15, -0.1) is 0 Å². The zero-order chi connectivity index (χ0) is 19.5. The van der Waals surface area contributed by atoms with E-state index in [0.29, 0.717) is 40.9 Å². The van der Waals surface area contributed by atoms with Gasteiger partial charge in [0.05, 0.1) is 17.2 Å². The Balaban J connectivity index is 1.44. The number of furan rings is 1. The fraction of sp³-hybridized carbons (Fsp3) is 0.304. The van der Waals surface area contributed by atoms with E-state index in [1.54, 1.807) is 24.3 Å². The molecule has 146 valence electrons. The normalized spacial score (nSPS) is 21.0. The van der Waals surface area contributed by atoms with Crippen LogP contribution in [0.15, 0.2) is 40.8 Å². The Bertz CT molecular complexity index is 1170. The molecule has 0 saturated carbocycles. The third-order valence-electron chi connectivity index (χ3n) is 6.04. The topological polar surface area (TPSA) is 69.0 Å². The summed E-state index contributed by atoms with van der Waals surface area (Å²) in [7, 11) is 0. The van der Waals surface area contributed by atoms with Gasteiger partial charge in [-0.3, -0.25) is 14.5 Å². The van der Waals surface area contributed by atoms with Gasteiger partial charge in [0.1, 0.15) is 18.1 Å². The Morgan fingerprint density at radius 3 is 2.66 bits per heavy atom. The van der Waals surface area contributed by atoms with E-state index in [1.807, 2.05) is 12.1 Å².